The van der Waals surface area contributed by atoms with E-state index in [1.165, 1.54) is 31.5 Å². The van der Waals surface area contributed by atoms with Gasteiger partial charge in [-0.05, 0) is 50.0 Å². The van der Waals surface area contributed by atoms with Crippen molar-refractivity contribution in [3.8, 4) is 11.5 Å². The second-order valence-corrected chi connectivity index (χ2v) is 7.39. The van der Waals surface area contributed by atoms with E-state index in [4.69, 9.17) is 9.47 Å². The third kappa shape index (κ3) is 4.66. The van der Waals surface area contributed by atoms with Crippen LogP contribution in [-0.4, -0.2) is 69.8 Å². The van der Waals surface area contributed by atoms with Crippen LogP contribution in [0.1, 0.15) is 31.4 Å². The van der Waals surface area contributed by atoms with Gasteiger partial charge in [-0.2, -0.15) is 0 Å². The van der Waals surface area contributed by atoms with Crippen molar-refractivity contribution in [1.29, 1.82) is 0 Å². The van der Waals surface area contributed by atoms with Crippen molar-refractivity contribution in [2.45, 2.75) is 25.8 Å². The Hall–Kier alpha value is -1.30. The van der Waals surface area contributed by atoms with Crippen LogP contribution >= 0.6 is 0 Å². The van der Waals surface area contributed by atoms with Crippen molar-refractivity contribution in [3.63, 3.8) is 0 Å². The molecular weight excluding hydrogens is 314 g/mol. The smallest absolute Gasteiger partial charge is 0.123 e. The predicted octanol–water partition coefficient (Wildman–Crippen LogP) is 2.38. The van der Waals surface area contributed by atoms with Gasteiger partial charge in [-0.3, -0.25) is 4.90 Å². The van der Waals surface area contributed by atoms with Gasteiger partial charge in [-0.25, -0.2) is 0 Å². The second-order valence-electron chi connectivity index (χ2n) is 7.39. The van der Waals surface area contributed by atoms with Crippen LogP contribution in [0.15, 0.2) is 18.2 Å². The minimum absolute atomic E-state index is 0.348. The predicted molar refractivity (Wildman–Crippen MR) is 102 cm³/mol. The van der Waals surface area contributed by atoms with Gasteiger partial charge in [0.25, 0.3) is 0 Å². The summed E-state index contributed by atoms with van der Waals surface area (Å²) in [6, 6.07) is 6.54. The number of likely N-dealkylation sites (tertiary alicyclic amines) is 1. The second kappa shape index (κ2) is 8.88. The summed E-state index contributed by atoms with van der Waals surface area (Å²) in [5.41, 5.74) is 1.25. The zero-order chi connectivity index (χ0) is 17.6. The summed E-state index contributed by atoms with van der Waals surface area (Å²) in [7, 11) is 3.50. The zero-order valence-corrected chi connectivity index (χ0v) is 16.0. The maximum absolute atomic E-state index is 5.71. The normalized spacial score (nSPS) is 21.9. The lowest BCUT2D eigenvalue weighted by atomic mass is 9.97. The lowest BCUT2D eigenvalue weighted by molar-refractivity contribution is 0.102. The maximum atomic E-state index is 5.71. The molecule has 0 aromatic heterocycles. The number of methoxy groups -OCH3 is 2. The molecular formula is C20H33N3O2. The van der Waals surface area contributed by atoms with E-state index in [2.05, 4.69) is 28.1 Å². The first kappa shape index (κ1) is 18.5. The molecule has 0 amide bonds. The number of piperidine rings is 1. The third-order valence-corrected chi connectivity index (χ3v) is 5.70. The molecule has 2 saturated heterocycles. The lowest BCUT2D eigenvalue weighted by Crippen LogP contribution is -2.49. The summed E-state index contributed by atoms with van der Waals surface area (Å²) in [5, 5.41) is 3.47. The van der Waals surface area contributed by atoms with E-state index < -0.39 is 0 Å². The van der Waals surface area contributed by atoms with Crippen molar-refractivity contribution in [3.05, 3.63) is 23.8 Å². The van der Waals surface area contributed by atoms with Gasteiger partial charge in [0.15, 0.2) is 0 Å². The van der Waals surface area contributed by atoms with Crippen molar-refractivity contribution in [2.24, 2.45) is 5.92 Å². The molecule has 2 heterocycles. The number of hydrogen-bond acceptors (Lipinski definition) is 5. The Labute approximate surface area is 152 Å². The van der Waals surface area contributed by atoms with Crippen molar-refractivity contribution < 1.29 is 9.47 Å². The molecule has 0 aliphatic carbocycles. The number of nitrogens with zero attached hydrogens (tertiary/aromatic N) is 2. The fourth-order valence-corrected chi connectivity index (χ4v) is 3.99. The van der Waals surface area contributed by atoms with Crippen LogP contribution in [0.2, 0.25) is 0 Å². The van der Waals surface area contributed by atoms with E-state index >= 15 is 0 Å². The van der Waals surface area contributed by atoms with E-state index in [0.717, 1.165) is 50.1 Å². The van der Waals surface area contributed by atoms with Crippen LogP contribution in [0.4, 0.5) is 0 Å². The highest BCUT2D eigenvalue weighted by molar-refractivity contribution is 5.42. The Morgan fingerprint density at radius 2 is 1.80 bits per heavy atom. The molecule has 0 radical (unpaired) electrons. The van der Waals surface area contributed by atoms with Gasteiger partial charge in [-0.1, -0.05) is 6.92 Å². The van der Waals surface area contributed by atoms with Gasteiger partial charge in [-0.15, -0.1) is 0 Å². The van der Waals surface area contributed by atoms with E-state index in [1.807, 2.05) is 12.1 Å². The molecule has 0 spiro atoms. The van der Waals surface area contributed by atoms with Crippen LogP contribution in [0.25, 0.3) is 0 Å². The summed E-state index contributed by atoms with van der Waals surface area (Å²) in [6.45, 7) is 10.1. The van der Waals surface area contributed by atoms with E-state index in [-0.39, 0.29) is 0 Å². The Kier molecular flexibility index (Phi) is 6.57. The quantitative estimate of drug-likeness (QED) is 0.855. The molecule has 5 heteroatoms. The average molecular weight is 348 g/mol. The number of piperazine rings is 1. The van der Waals surface area contributed by atoms with Crippen molar-refractivity contribution >= 4 is 0 Å². The molecule has 25 heavy (non-hydrogen) atoms. The maximum Gasteiger partial charge on any atom is 0.123 e. The fraction of sp³-hybridized carbons (Fsp3) is 0.700. The average Bonchev–Trinajstić information content (AvgIpc) is 2.67. The first-order chi connectivity index (χ1) is 12.2. The summed E-state index contributed by atoms with van der Waals surface area (Å²) >= 11 is 0. The molecule has 2 fully saturated rings. The fourth-order valence-electron chi connectivity index (χ4n) is 3.99. The van der Waals surface area contributed by atoms with E-state index in [9.17, 15) is 0 Å². The molecule has 5 nitrogen and oxygen atoms in total. The Morgan fingerprint density at radius 3 is 2.44 bits per heavy atom. The monoisotopic (exact) mass is 347 g/mol. The van der Waals surface area contributed by atoms with Crippen LogP contribution < -0.4 is 14.8 Å². The number of hydrogen-bond donors (Lipinski definition) is 1. The third-order valence-electron chi connectivity index (χ3n) is 5.70. The highest BCUT2D eigenvalue weighted by Crippen LogP contribution is 2.34. The van der Waals surface area contributed by atoms with E-state index in [0.29, 0.717) is 6.04 Å². The number of nitrogens with one attached hydrogen (secondary N) is 1. The minimum atomic E-state index is 0.348. The van der Waals surface area contributed by atoms with Gasteiger partial charge >= 0.3 is 0 Å². The van der Waals surface area contributed by atoms with Gasteiger partial charge in [0.1, 0.15) is 11.5 Å². The van der Waals surface area contributed by atoms with Crippen LogP contribution in [0.5, 0.6) is 11.5 Å². The first-order valence-electron chi connectivity index (χ1n) is 9.60. The van der Waals surface area contributed by atoms with E-state index in [1.54, 1.807) is 14.2 Å². The summed E-state index contributed by atoms with van der Waals surface area (Å²) in [4.78, 5) is 5.23. The molecule has 0 bridgehead atoms. The summed E-state index contributed by atoms with van der Waals surface area (Å²) in [5.74, 6) is 2.73. The highest BCUT2D eigenvalue weighted by Gasteiger charge is 2.28. The minimum Gasteiger partial charge on any atom is -0.497 e. The van der Waals surface area contributed by atoms with Crippen molar-refractivity contribution in [1.82, 2.24) is 15.1 Å². The van der Waals surface area contributed by atoms with Crippen LogP contribution in [0, 0.1) is 5.92 Å². The van der Waals surface area contributed by atoms with Crippen LogP contribution in [0.3, 0.4) is 0 Å². The Morgan fingerprint density at radius 1 is 1.08 bits per heavy atom. The largest absolute Gasteiger partial charge is 0.497 e. The molecule has 1 unspecified atom stereocenters. The standard InChI is InChI=1S/C20H33N3O2/c1-16-6-10-22(11-7-16)15-19(23-12-8-21-9-13-23)18-14-17(24-2)4-5-20(18)25-3/h4-5,14,16,19,21H,6-13,15H2,1-3H3. The Balaban J connectivity index is 1.85. The molecule has 3 rings (SSSR count). The molecule has 1 atom stereocenters. The Bertz CT molecular complexity index is 538. The number of rotatable bonds is 6. The highest BCUT2D eigenvalue weighted by atomic mass is 16.5. The molecule has 0 saturated carbocycles. The topological polar surface area (TPSA) is 37.0 Å². The summed E-state index contributed by atoms with van der Waals surface area (Å²) in [6.07, 6.45) is 2.62. The number of benzene rings is 1. The number of ether oxygens (including phenoxy) is 2. The van der Waals surface area contributed by atoms with Crippen molar-refractivity contribution in [2.75, 3.05) is 60.0 Å². The molecule has 2 aliphatic rings. The zero-order valence-electron chi connectivity index (χ0n) is 16.0. The SMILES string of the molecule is COc1ccc(OC)c(C(CN2CCC(C)CC2)N2CCNCC2)c1. The van der Waals surface area contributed by atoms with Gasteiger partial charge in [0.05, 0.1) is 20.3 Å². The van der Waals surface area contributed by atoms with Gasteiger partial charge in [0, 0.05) is 38.3 Å². The lowest BCUT2D eigenvalue weighted by Gasteiger charge is -2.40. The molecule has 1 aromatic carbocycles. The molecule has 1 aromatic rings. The van der Waals surface area contributed by atoms with Crippen LogP contribution in [-0.2, 0) is 0 Å². The summed E-state index contributed by atoms with van der Waals surface area (Å²) < 4.78 is 11.2. The first-order valence-corrected chi connectivity index (χ1v) is 9.60. The van der Waals surface area contributed by atoms with Gasteiger partial charge in [0.2, 0.25) is 0 Å². The molecule has 2 aliphatic heterocycles. The molecule has 1 N–H and O–H groups in total. The van der Waals surface area contributed by atoms with Gasteiger partial charge < -0.3 is 19.7 Å². The molecule has 140 valence electrons.